The zero-order valence-corrected chi connectivity index (χ0v) is 46.0. The third-order valence-electron chi connectivity index (χ3n) is 11.8. The minimum atomic E-state index is -1.05. The van der Waals surface area contributed by atoms with Gasteiger partial charge in [0.05, 0.1) is 43.1 Å². The molecular weight excluding hydrogens is 949 g/mol. The number of rotatable bonds is 8. The second-order valence-corrected chi connectivity index (χ2v) is 19.5. The molecule has 0 bridgehead atoms. The average molecular weight is 1010 g/mol. The fraction of sp³-hybridized carbons (Fsp3) is 0.417. The van der Waals surface area contributed by atoms with E-state index in [1.54, 1.807) is 87.9 Å². The van der Waals surface area contributed by atoms with Crippen LogP contribution in [0.5, 0.6) is 11.5 Å². The number of halogens is 1. The third-order valence-corrected chi connectivity index (χ3v) is 12.4. The largest absolute Gasteiger partial charge is 1.00 e. The minimum Gasteiger partial charge on any atom is -0.870 e. The van der Waals surface area contributed by atoms with Crippen molar-refractivity contribution in [3.05, 3.63) is 117 Å². The van der Waals surface area contributed by atoms with Gasteiger partial charge in [-0.1, -0.05) is 40.2 Å². The molecule has 4 aromatic rings. The molecule has 354 valence electrons. The molecule has 1 saturated heterocycles. The average Bonchev–Trinajstić information content (AvgIpc) is 3.72. The van der Waals surface area contributed by atoms with Gasteiger partial charge in [0.2, 0.25) is 0 Å². The van der Waals surface area contributed by atoms with Crippen LogP contribution in [-0.4, -0.2) is 94.9 Å². The zero-order valence-electron chi connectivity index (χ0n) is 41.3. The van der Waals surface area contributed by atoms with E-state index in [2.05, 4.69) is 26.8 Å². The maximum atomic E-state index is 13.8. The Hall–Kier alpha value is -3.59. The number of hydrogen-bond donors (Lipinski definition) is 3. The molecule has 2 aliphatic heterocycles. The molecule has 4 N–H and O–H groups in total. The standard InChI is InChI=1S/C27H36BBrN2O5.C21H25BN2O5.K.H2O/c1-17-20(11-10-12-22(17)34-9)23(32)30-31(25(2,3)4)24(33)18-13-14-19(16-29)21(15-18)28-35-26(5,6)27(7,8)36-28;1-13-16(7-6-8-18(13)28-5)19(25)23-24(21(2,3)4)20(26)14-9-10-15-12-29-22(27)17(15)11-14;;/h10-15H,16H2,1-9H3,(H,30,32);6-11,27H,12H2,1-5H3,(H,23,25);;1H2/q;;+1;/p-1. The van der Waals surface area contributed by atoms with E-state index in [9.17, 15) is 24.2 Å². The predicted octanol–water partition coefficient (Wildman–Crippen LogP) is 3.42. The van der Waals surface area contributed by atoms with Crippen molar-refractivity contribution >= 4 is 64.7 Å². The van der Waals surface area contributed by atoms with E-state index >= 15 is 0 Å². The molecule has 67 heavy (non-hydrogen) atoms. The van der Waals surface area contributed by atoms with Crippen molar-refractivity contribution < 1.29 is 104 Å². The van der Waals surface area contributed by atoms with Crippen molar-refractivity contribution in [2.24, 2.45) is 0 Å². The number of nitrogens with one attached hydrogen (secondary N) is 2. The first-order chi connectivity index (χ1) is 30.3. The van der Waals surface area contributed by atoms with Gasteiger partial charge in [0.1, 0.15) is 11.5 Å². The number of hydrogen-bond acceptors (Lipinski definition) is 11. The molecule has 19 heteroatoms. The first-order valence-corrected chi connectivity index (χ1v) is 22.4. The Labute approximate surface area is 446 Å². The number of nitrogens with zero attached hydrogens (tertiary/aromatic N) is 2. The number of carbonyl (C=O) groups is 4. The number of ether oxygens (including phenoxy) is 2. The van der Waals surface area contributed by atoms with Crippen molar-refractivity contribution in [3.63, 3.8) is 0 Å². The summed E-state index contributed by atoms with van der Waals surface area (Å²) in [6.07, 6.45) is 0. The van der Waals surface area contributed by atoms with Gasteiger partial charge in [-0.05, 0) is 154 Å². The molecule has 0 spiro atoms. The summed E-state index contributed by atoms with van der Waals surface area (Å²) in [4.78, 5) is 53.2. The molecule has 0 atom stereocenters. The van der Waals surface area contributed by atoms with Crippen LogP contribution < -0.4 is 82.6 Å². The predicted molar refractivity (Wildman–Crippen MR) is 258 cm³/mol. The topological polar surface area (TPSA) is 195 Å². The van der Waals surface area contributed by atoms with Crippen molar-refractivity contribution in [2.75, 3.05) is 14.2 Å². The van der Waals surface area contributed by atoms with Crippen LogP contribution in [0.1, 0.15) is 133 Å². The van der Waals surface area contributed by atoms with E-state index < -0.39 is 48.3 Å². The summed E-state index contributed by atoms with van der Waals surface area (Å²) in [6, 6.07) is 20.9. The Kier molecular flexibility index (Phi) is 19.7. The number of carbonyl (C=O) groups excluding carboxylic acids is 4. The number of hydrazine groups is 2. The van der Waals surface area contributed by atoms with Crippen LogP contribution in [0.15, 0.2) is 72.8 Å². The van der Waals surface area contributed by atoms with Crippen LogP contribution >= 0.6 is 15.9 Å². The quantitative estimate of drug-likeness (QED) is 0.133. The van der Waals surface area contributed by atoms with Gasteiger partial charge in [0.15, 0.2) is 0 Å². The van der Waals surface area contributed by atoms with Crippen molar-refractivity contribution in [1.82, 2.24) is 20.9 Å². The fourth-order valence-corrected chi connectivity index (χ4v) is 7.69. The SMILES string of the molecule is COc1cccc(C(=O)NN(C(=O)c2ccc(CBr)c(B3OC(C)(C)C(C)(C)O3)c2)C(C)(C)C)c1C.COc1cccc(C(=O)NN(C(=O)c2ccc3c(c2)B(O)OC3)C(C)(C)C)c1C.[K+].[OH-]. The molecular formula is C48H62B2BrKN4O11. The second kappa shape index (κ2) is 22.9. The Balaban J connectivity index is 0.000000352. The van der Waals surface area contributed by atoms with Gasteiger partial charge in [0, 0.05) is 38.7 Å². The van der Waals surface area contributed by atoms with E-state index in [4.69, 9.17) is 23.4 Å². The van der Waals surface area contributed by atoms with E-state index in [0.717, 1.165) is 16.6 Å². The van der Waals surface area contributed by atoms with E-state index in [-0.39, 0.29) is 68.7 Å². The Morgan fingerprint density at radius 1 is 0.716 bits per heavy atom. The maximum absolute atomic E-state index is 13.8. The van der Waals surface area contributed by atoms with Gasteiger partial charge in [-0.25, -0.2) is 10.0 Å². The summed E-state index contributed by atoms with van der Waals surface area (Å²) in [7, 11) is 1.44. The summed E-state index contributed by atoms with van der Waals surface area (Å²) in [5.41, 5.74) is 9.31. The number of alkyl halides is 1. The van der Waals surface area contributed by atoms with Crippen LogP contribution in [0.4, 0.5) is 0 Å². The molecule has 2 aliphatic rings. The molecule has 0 aromatic heterocycles. The maximum Gasteiger partial charge on any atom is 1.00 e. The van der Waals surface area contributed by atoms with Crippen LogP contribution in [0.2, 0.25) is 0 Å². The van der Waals surface area contributed by atoms with Crippen LogP contribution in [0, 0.1) is 13.8 Å². The van der Waals surface area contributed by atoms with Gasteiger partial charge in [-0.2, -0.15) is 0 Å². The van der Waals surface area contributed by atoms with Gasteiger partial charge >= 0.3 is 65.6 Å². The number of amides is 4. The van der Waals surface area contributed by atoms with Crippen LogP contribution in [0.25, 0.3) is 0 Å². The molecule has 0 aliphatic carbocycles. The first-order valence-electron chi connectivity index (χ1n) is 21.3. The van der Waals surface area contributed by atoms with Crippen LogP contribution in [-0.2, 0) is 25.9 Å². The summed E-state index contributed by atoms with van der Waals surface area (Å²) >= 11 is 3.54. The third kappa shape index (κ3) is 13.0. The Bertz CT molecular complexity index is 2440. The summed E-state index contributed by atoms with van der Waals surface area (Å²) in [5, 5.41) is 13.2. The van der Waals surface area contributed by atoms with Crippen LogP contribution in [0.3, 0.4) is 0 Å². The zero-order chi connectivity index (χ0) is 48.4. The number of fused-ring (bicyclic) bond motifs is 1. The Morgan fingerprint density at radius 2 is 1.13 bits per heavy atom. The normalized spacial score (nSPS) is 14.6. The first kappa shape index (κ1) is 57.7. The number of benzene rings is 4. The van der Waals surface area contributed by atoms with Gasteiger partial charge < -0.3 is 33.9 Å². The summed E-state index contributed by atoms with van der Waals surface area (Å²) in [5.74, 6) is -0.316. The van der Waals surface area contributed by atoms with Gasteiger partial charge in [0.25, 0.3) is 23.6 Å². The molecule has 6 rings (SSSR count). The smallest absolute Gasteiger partial charge is 0.870 e. The minimum absolute atomic E-state index is 0. The molecule has 2 heterocycles. The molecule has 4 amide bonds. The fourth-order valence-electron chi connectivity index (χ4n) is 7.18. The molecule has 0 radical (unpaired) electrons. The van der Waals surface area contributed by atoms with Gasteiger partial charge in [-0.15, -0.1) is 0 Å². The molecule has 0 saturated carbocycles. The summed E-state index contributed by atoms with van der Waals surface area (Å²) < 4.78 is 28.3. The van der Waals surface area contributed by atoms with E-state index in [1.807, 2.05) is 82.2 Å². The molecule has 0 unspecified atom stereocenters. The van der Waals surface area contributed by atoms with E-state index in [0.29, 0.717) is 62.3 Å². The van der Waals surface area contributed by atoms with Crippen molar-refractivity contribution in [3.8, 4) is 11.5 Å². The van der Waals surface area contributed by atoms with Crippen molar-refractivity contribution in [2.45, 2.75) is 117 Å². The molecule has 1 fully saturated rings. The second-order valence-electron chi connectivity index (χ2n) is 19.0. The van der Waals surface area contributed by atoms with E-state index in [1.165, 1.54) is 10.0 Å². The molecule has 4 aromatic carbocycles. The monoisotopic (exact) mass is 1010 g/mol. The Morgan fingerprint density at radius 3 is 1.54 bits per heavy atom. The van der Waals surface area contributed by atoms with Gasteiger partial charge in [-0.3, -0.25) is 30.0 Å². The molecule has 15 nitrogen and oxygen atoms in total. The summed E-state index contributed by atoms with van der Waals surface area (Å²) in [6.45, 7) is 23.0. The number of methoxy groups -OCH3 is 2. The van der Waals surface area contributed by atoms with Crippen molar-refractivity contribution in [1.29, 1.82) is 0 Å².